The first-order valence-corrected chi connectivity index (χ1v) is 11.7. The first kappa shape index (κ1) is 20.7. The van der Waals surface area contributed by atoms with Crippen LogP contribution < -0.4 is 5.56 Å². The molecule has 31 heavy (non-hydrogen) atoms. The van der Waals surface area contributed by atoms with Crippen molar-refractivity contribution in [2.24, 2.45) is 0 Å². The van der Waals surface area contributed by atoms with Crippen LogP contribution in [0.4, 0.5) is 0 Å². The summed E-state index contributed by atoms with van der Waals surface area (Å²) in [7, 11) is 0. The molecule has 1 aromatic carbocycles. The van der Waals surface area contributed by atoms with Gasteiger partial charge in [0.2, 0.25) is 5.91 Å². The van der Waals surface area contributed by atoms with Crippen LogP contribution >= 0.6 is 11.6 Å². The fourth-order valence-corrected chi connectivity index (χ4v) is 5.29. The van der Waals surface area contributed by atoms with E-state index in [0.717, 1.165) is 55.5 Å². The largest absolute Gasteiger partial charge is 0.332 e. The van der Waals surface area contributed by atoms with Crippen molar-refractivity contribution in [3.05, 3.63) is 62.3 Å². The van der Waals surface area contributed by atoms with Crippen LogP contribution in [0.2, 0.25) is 5.02 Å². The second-order valence-corrected chi connectivity index (χ2v) is 9.87. The minimum Gasteiger partial charge on any atom is -0.332 e. The number of amides is 1. The number of hydrogen-bond acceptors (Lipinski definition) is 4. The fourth-order valence-electron chi connectivity index (χ4n) is 5.17. The molecule has 3 aliphatic rings. The van der Waals surface area contributed by atoms with Crippen molar-refractivity contribution in [1.29, 1.82) is 0 Å². The molecule has 1 saturated heterocycles. The highest BCUT2D eigenvalue weighted by molar-refractivity contribution is 6.30. The van der Waals surface area contributed by atoms with Gasteiger partial charge in [0.1, 0.15) is 5.82 Å². The quantitative estimate of drug-likeness (QED) is 0.788. The number of carbonyl (C=O) groups is 1. The van der Waals surface area contributed by atoms with Gasteiger partial charge in [-0.1, -0.05) is 23.7 Å². The SMILES string of the molecule is CC(C)N1CCc2c(nc(C3CCCN3C(=O)C3(c4ccc(Cl)cc4)CC3)[nH]c2=O)C1. The number of nitrogens with one attached hydrogen (secondary N) is 1. The number of hydrogen-bond donors (Lipinski definition) is 1. The highest BCUT2D eigenvalue weighted by atomic mass is 35.5. The molecule has 164 valence electrons. The zero-order valence-electron chi connectivity index (χ0n) is 18.2. The summed E-state index contributed by atoms with van der Waals surface area (Å²) >= 11 is 6.05. The molecular weight excluding hydrogens is 412 g/mol. The lowest BCUT2D eigenvalue weighted by Gasteiger charge is -2.32. The Balaban J connectivity index is 1.44. The molecule has 3 heterocycles. The van der Waals surface area contributed by atoms with Gasteiger partial charge < -0.3 is 9.88 Å². The summed E-state index contributed by atoms with van der Waals surface area (Å²) in [5.41, 5.74) is 2.22. The number of aromatic nitrogens is 2. The lowest BCUT2D eigenvalue weighted by molar-refractivity contribution is -0.135. The predicted molar refractivity (Wildman–Crippen MR) is 120 cm³/mol. The van der Waals surface area contributed by atoms with Crippen molar-refractivity contribution in [2.45, 2.75) is 70.0 Å². The van der Waals surface area contributed by atoms with E-state index in [9.17, 15) is 9.59 Å². The van der Waals surface area contributed by atoms with Crippen LogP contribution in [0.15, 0.2) is 29.1 Å². The van der Waals surface area contributed by atoms with E-state index in [4.69, 9.17) is 16.6 Å². The number of H-pyrrole nitrogens is 1. The minimum atomic E-state index is -0.448. The molecule has 2 fully saturated rings. The molecule has 0 spiro atoms. The summed E-state index contributed by atoms with van der Waals surface area (Å²) in [6.07, 6.45) is 4.19. The number of nitrogens with zero attached hydrogens (tertiary/aromatic N) is 3. The van der Waals surface area contributed by atoms with Crippen LogP contribution in [0, 0.1) is 0 Å². The van der Waals surface area contributed by atoms with Gasteiger partial charge in [0, 0.05) is 36.3 Å². The average molecular weight is 441 g/mol. The number of carbonyl (C=O) groups excluding carboxylic acids is 1. The lowest BCUT2D eigenvalue weighted by Crippen LogP contribution is -2.42. The summed E-state index contributed by atoms with van der Waals surface area (Å²) < 4.78 is 0. The van der Waals surface area contributed by atoms with Crippen LogP contribution in [0.25, 0.3) is 0 Å². The van der Waals surface area contributed by atoms with Gasteiger partial charge >= 0.3 is 0 Å². The maximum atomic E-state index is 13.7. The smallest absolute Gasteiger partial charge is 0.254 e. The first-order chi connectivity index (χ1) is 14.9. The molecule has 0 bridgehead atoms. The van der Waals surface area contributed by atoms with Crippen molar-refractivity contribution in [1.82, 2.24) is 19.8 Å². The van der Waals surface area contributed by atoms with E-state index in [-0.39, 0.29) is 17.5 Å². The number of aromatic amines is 1. The normalized spacial score (nSPS) is 22.6. The Bertz CT molecular complexity index is 1060. The van der Waals surface area contributed by atoms with Crippen LogP contribution in [-0.2, 0) is 23.2 Å². The van der Waals surface area contributed by atoms with Gasteiger partial charge in [-0.05, 0) is 63.6 Å². The maximum absolute atomic E-state index is 13.7. The maximum Gasteiger partial charge on any atom is 0.254 e. The second kappa shape index (κ2) is 7.75. The highest BCUT2D eigenvalue weighted by Crippen LogP contribution is 2.51. The molecular formula is C24H29ClN4O2. The van der Waals surface area contributed by atoms with Crippen molar-refractivity contribution >= 4 is 17.5 Å². The predicted octanol–water partition coefficient (Wildman–Crippen LogP) is 3.59. The van der Waals surface area contributed by atoms with Crippen molar-refractivity contribution in [2.75, 3.05) is 13.1 Å². The van der Waals surface area contributed by atoms with E-state index in [1.54, 1.807) is 0 Å². The third-order valence-corrected chi connectivity index (χ3v) is 7.49. The Hall–Kier alpha value is -2.18. The van der Waals surface area contributed by atoms with E-state index in [1.165, 1.54) is 0 Å². The number of benzene rings is 1. The zero-order chi connectivity index (χ0) is 21.8. The number of rotatable bonds is 4. The molecule has 2 aliphatic heterocycles. The van der Waals surface area contributed by atoms with Crippen molar-refractivity contribution in [3.8, 4) is 0 Å². The van der Waals surface area contributed by atoms with Crippen molar-refractivity contribution < 1.29 is 4.79 Å². The zero-order valence-corrected chi connectivity index (χ0v) is 18.9. The van der Waals surface area contributed by atoms with Gasteiger partial charge in [-0.2, -0.15) is 0 Å². The third kappa shape index (κ3) is 3.60. The van der Waals surface area contributed by atoms with E-state index >= 15 is 0 Å². The Labute approximate surface area is 187 Å². The summed E-state index contributed by atoms with van der Waals surface area (Å²) in [5.74, 6) is 0.800. The third-order valence-electron chi connectivity index (χ3n) is 7.24. The Kier molecular flexibility index (Phi) is 5.18. The van der Waals surface area contributed by atoms with Crippen LogP contribution in [0.1, 0.15) is 68.2 Å². The summed E-state index contributed by atoms with van der Waals surface area (Å²) in [5, 5.41) is 0.678. The van der Waals surface area contributed by atoms with Crippen LogP contribution in [-0.4, -0.2) is 44.8 Å². The van der Waals surface area contributed by atoms with Gasteiger partial charge in [0.25, 0.3) is 5.56 Å². The van der Waals surface area contributed by atoms with Crippen molar-refractivity contribution in [3.63, 3.8) is 0 Å². The van der Waals surface area contributed by atoms with Crippen LogP contribution in [0.3, 0.4) is 0 Å². The Morgan fingerprint density at radius 1 is 1.23 bits per heavy atom. The van der Waals surface area contributed by atoms with Crippen LogP contribution in [0.5, 0.6) is 0 Å². The van der Waals surface area contributed by atoms with E-state index in [2.05, 4.69) is 23.7 Å². The van der Waals surface area contributed by atoms with E-state index < -0.39 is 5.41 Å². The molecule has 6 nitrogen and oxygen atoms in total. The van der Waals surface area contributed by atoms with Gasteiger partial charge in [-0.25, -0.2) is 4.98 Å². The monoisotopic (exact) mass is 440 g/mol. The first-order valence-electron chi connectivity index (χ1n) is 11.3. The molecule has 1 unspecified atom stereocenters. The standard InChI is InChI=1S/C24H29ClN4O2/c1-15(2)28-13-9-18-19(14-28)26-21(27-22(18)30)20-4-3-12-29(20)23(31)24(10-11-24)16-5-7-17(25)8-6-16/h5-8,15,20H,3-4,9-14H2,1-2H3,(H,26,27,30). The number of halogens is 1. The topological polar surface area (TPSA) is 69.3 Å². The van der Waals surface area contributed by atoms with E-state index in [0.29, 0.717) is 30.0 Å². The molecule has 7 heteroatoms. The highest BCUT2D eigenvalue weighted by Gasteiger charge is 2.54. The molecule has 1 atom stereocenters. The van der Waals surface area contributed by atoms with Gasteiger partial charge in [0.05, 0.1) is 17.2 Å². The molecule has 1 aromatic heterocycles. The lowest BCUT2D eigenvalue weighted by atomic mass is 9.94. The summed E-state index contributed by atoms with van der Waals surface area (Å²) in [6.45, 7) is 6.62. The molecule has 1 saturated carbocycles. The molecule has 2 aromatic rings. The van der Waals surface area contributed by atoms with Gasteiger partial charge in [-0.15, -0.1) is 0 Å². The molecule has 0 radical (unpaired) electrons. The minimum absolute atomic E-state index is 0.0402. The molecule has 1 aliphatic carbocycles. The molecule has 5 rings (SSSR count). The molecule has 1 amide bonds. The van der Waals surface area contributed by atoms with Gasteiger partial charge in [-0.3, -0.25) is 14.5 Å². The number of likely N-dealkylation sites (tertiary alicyclic amines) is 1. The molecule has 1 N–H and O–H groups in total. The summed E-state index contributed by atoms with van der Waals surface area (Å²) in [4.78, 5) is 38.7. The summed E-state index contributed by atoms with van der Waals surface area (Å²) in [6, 6.07) is 7.90. The number of fused-ring (bicyclic) bond motifs is 1. The Morgan fingerprint density at radius 2 is 1.97 bits per heavy atom. The Morgan fingerprint density at radius 3 is 2.65 bits per heavy atom. The fraction of sp³-hybridized carbons (Fsp3) is 0.542. The van der Waals surface area contributed by atoms with Gasteiger partial charge in [0.15, 0.2) is 0 Å². The second-order valence-electron chi connectivity index (χ2n) is 9.44. The van der Waals surface area contributed by atoms with E-state index in [1.807, 2.05) is 29.2 Å². The average Bonchev–Trinajstić information content (AvgIpc) is 3.42.